The van der Waals surface area contributed by atoms with Gasteiger partial charge in [-0.05, 0) is 47.2 Å². The molecule has 4 rings (SSSR count). The van der Waals surface area contributed by atoms with Gasteiger partial charge in [0.05, 0.1) is 6.10 Å². The van der Waals surface area contributed by atoms with Crippen LogP contribution < -0.4 is 0 Å². The molecule has 1 N–H and O–H groups in total. The molecule has 1 spiro atoms. The van der Waals surface area contributed by atoms with Crippen LogP contribution in [0.25, 0.3) is 0 Å². The fraction of sp³-hybridized carbons (Fsp3) is 0.556. The summed E-state index contributed by atoms with van der Waals surface area (Å²) in [5.74, 6) is 0.184. The summed E-state index contributed by atoms with van der Waals surface area (Å²) in [6, 6.07) is 8.35. The van der Waals surface area contributed by atoms with Gasteiger partial charge in [0, 0.05) is 31.5 Å². The molecule has 0 bridgehead atoms. The van der Waals surface area contributed by atoms with Gasteiger partial charge < -0.3 is 10.0 Å². The number of aliphatic hydroxyl groups is 1. The van der Waals surface area contributed by atoms with Crippen LogP contribution in [-0.4, -0.2) is 55.3 Å². The lowest BCUT2D eigenvalue weighted by Gasteiger charge is -2.42. The Morgan fingerprint density at radius 2 is 2.08 bits per heavy atom. The highest BCUT2D eigenvalue weighted by Crippen LogP contribution is 2.46. The summed E-state index contributed by atoms with van der Waals surface area (Å²) in [5, 5.41) is 21.7. The summed E-state index contributed by atoms with van der Waals surface area (Å²) in [5.41, 5.74) is 2.38. The van der Waals surface area contributed by atoms with Crippen molar-refractivity contribution >= 4 is 5.91 Å². The number of amides is 1. The van der Waals surface area contributed by atoms with Gasteiger partial charge in [0.15, 0.2) is 0 Å². The van der Waals surface area contributed by atoms with Gasteiger partial charge in [0.1, 0.15) is 6.33 Å². The number of likely N-dealkylation sites (tertiary alicyclic amines) is 1. The molecule has 1 aromatic heterocycles. The minimum absolute atomic E-state index is 0.167. The summed E-state index contributed by atoms with van der Waals surface area (Å²) >= 11 is 0. The molecule has 0 radical (unpaired) electrons. The number of carbonyl (C=O) groups is 1. The maximum Gasteiger partial charge on any atom is 0.222 e. The number of tetrazole rings is 1. The van der Waals surface area contributed by atoms with Crippen molar-refractivity contribution in [1.29, 1.82) is 0 Å². The number of piperidine rings is 1. The van der Waals surface area contributed by atoms with E-state index in [-0.39, 0.29) is 17.4 Å². The molecule has 2 heterocycles. The van der Waals surface area contributed by atoms with Crippen molar-refractivity contribution in [3.05, 3.63) is 41.7 Å². The van der Waals surface area contributed by atoms with E-state index < -0.39 is 0 Å². The standard InChI is InChI=1S/C18H23N5O2/c24-16-12-14-4-1-2-5-15(14)18(16)7-10-22(11-8-18)17(25)6-3-9-23-13-19-20-21-23/h1-2,4-5,13,16,24H,3,6-12H2/t16-/m0/s1. The third-order valence-electron chi connectivity index (χ3n) is 5.78. The van der Waals surface area contributed by atoms with E-state index >= 15 is 0 Å². The lowest BCUT2D eigenvalue weighted by atomic mass is 9.72. The second kappa shape index (κ2) is 6.55. The molecule has 25 heavy (non-hydrogen) atoms. The number of fused-ring (bicyclic) bond motifs is 2. The Kier molecular flexibility index (Phi) is 4.25. The van der Waals surface area contributed by atoms with E-state index in [1.54, 1.807) is 11.0 Å². The zero-order valence-electron chi connectivity index (χ0n) is 14.2. The van der Waals surface area contributed by atoms with Gasteiger partial charge in [0.25, 0.3) is 0 Å². The van der Waals surface area contributed by atoms with Gasteiger partial charge in [-0.2, -0.15) is 0 Å². The lowest BCUT2D eigenvalue weighted by molar-refractivity contribution is -0.133. The molecule has 2 aliphatic rings. The van der Waals surface area contributed by atoms with Crippen LogP contribution >= 0.6 is 0 Å². The molecule has 1 fully saturated rings. The van der Waals surface area contributed by atoms with Crippen LogP contribution in [0.5, 0.6) is 0 Å². The van der Waals surface area contributed by atoms with Crippen molar-refractivity contribution in [2.45, 2.75) is 50.2 Å². The zero-order valence-corrected chi connectivity index (χ0v) is 14.2. The Morgan fingerprint density at radius 3 is 2.84 bits per heavy atom. The molecule has 1 aromatic carbocycles. The largest absolute Gasteiger partial charge is 0.392 e. The maximum atomic E-state index is 12.5. The van der Waals surface area contributed by atoms with Gasteiger partial charge in [-0.25, -0.2) is 4.68 Å². The molecule has 1 aliphatic heterocycles. The van der Waals surface area contributed by atoms with E-state index in [9.17, 15) is 9.90 Å². The van der Waals surface area contributed by atoms with Gasteiger partial charge in [-0.15, -0.1) is 5.10 Å². The topological polar surface area (TPSA) is 84.1 Å². The molecular formula is C18H23N5O2. The van der Waals surface area contributed by atoms with Crippen LogP contribution in [0.3, 0.4) is 0 Å². The van der Waals surface area contributed by atoms with Gasteiger partial charge in [0.2, 0.25) is 5.91 Å². The number of nitrogens with zero attached hydrogens (tertiary/aromatic N) is 5. The second-order valence-electron chi connectivity index (χ2n) is 7.09. The zero-order chi connectivity index (χ0) is 17.3. The molecular weight excluding hydrogens is 318 g/mol. The average molecular weight is 341 g/mol. The van der Waals surface area contributed by atoms with Gasteiger partial charge in [-0.1, -0.05) is 24.3 Å². The van der Waals surface area contributed by atoms with Crippen LogP contribution in [-0.2, 0) is 23.2 Å². The van der Waals surface area contributed by atoms with Crippen LogP contribution in [0.4, 0.5) is 0 Å². The minimum atomic E-state index is -0.332. The number of aryl methyl sites for hydroxylation is 1. The molecule has 132 valence electrons. The maximum absolute atomic E-state index is 12.5. The SMILES string of the molecule is O=C(CCCn1cnnn1)N1CCC2(CC1)c1ccccc1C[C@@H]2O. The first-order valence-corrected chi connectivity index (χ1v) is 8.94. The van der Waals surface area contributed by atoms with Crippen LogP contribution in [0.15, 0.2) is 30.6 Å². The highest BCUT2D eigenvalue weighted by atomic mass is 16.3. The first-order chi connectivity index (χ1) is 12.2. The molecule has 1 saturated heterocycles. The fourth-order valence-corrected chi connectivity index (χ4v) is 4.36. The van der Waals surface area contributed by atoms with Crippen molar-refractivity contribution in [1.82, 2.24) is 25.1 Å². The molecule has 7 nitrogen and oxygen atoms in total. The summed E-state index contributed by atoms with van der Waals surface area (Å²) in [6.45, 7) is 2.09. The van der Waals surface area contributed by atoms with Crippen molar-refractivity contribution < 1.29 is 9.90 Å². The number of aliphatic hydroxyl groups excluding tert-OH is 1. The number of hydrogen-bond acceptors (Lipinski definition) is 5. The van der Waals surface area contributed by atoms with Crippen LogP contribution in [0, 0.1) is 0 Å². The van der Waals surface area contributed by atoms with E-state index in [1.165, 1.54) is 11.1 Å². The molecule has 0 saturated carbocycles. The number of benzene rings is 1. The van der Waals surface area contributed by atoms with Crippen molar-refractivity contribution in [3.63, 3.8) is 0 Å². The highest BCUT2D eigenvalue weighted by molar-refractivity contribution is 5.76. The summed E-state index contributed by atoms with van der Waals surface area (Å²) in [4.78, 5) is 14.4. The molecule has 0 unspecified atom stereocenters. The number of aromatic nitrogens is 4. The number of carbonyl (C=O) groups excluding carboxylic acids is 1. The summed E-state index contributed by atoms with van der Waals surface area (Å²) in [7, 11) is 0. The van der Waals surface area contributed by atoms with E-state index in [0.717, 1.165) is 38.8 Å². The first-order valence-electron chi connectivity index (χ1n) is 8.94. The van der Waals surface area contributed by atoms with E-state index in [2.05, 4.69) is 33.7 Å². The van der Waals surface area contributed by atoms with Crippen molar-refractivity contribution in [2.24, 2.45) is 0 Å². The fourth-order valence-electron chi connectivity index (χ4n) is 4.36. The monoisotopic (exact) mass is 341 g/mol. The quantitative estimate of drug-likeness (QED) is 0.894. The van der Waals surface area contributed by atoms with Crippen molar-refractivity contribution in [3.8, 4) is 0 Å². The average Bonchev–Trinajstić information content (AvgIpc) is 3.23. The third kappa shape index (κ3) is 2.93. The second-order valence-corrected chi connectivity index (χ2v) is 7.09. The lowest BCUT2D eigenvalue weighted by Crippen LogP contribution is -2.49. The van der Waals surface area contributed by atoms with Gasteiger partial charge >= 0.3 is 0 Å². The Labute approximate surface area is 146 Å². The van der Waals surface area contributed by atoms with E-state index in [0.29, 0.717) is 13.0 Å². The predicted molar refractivity (Wildman–Crippen MR) is 90.7 cm³/mol. The van der Waals surface area contributed by atoms with Crippen LogP contribution in [0.1, 0.15) is 36.8 Å². The highest BCUT2D eigenvalue weighted by Gasteiger charge is 2.47. The molecule has 1 atom stereocenters. The van der Waals surface area contributed by atoms with E-state index in [4.69, 9.17) is 0 Å². The van der Waals surface area contributed by atoms with Crippen molar-refractivity contribution in [2.75, 3.05) is 13.1 Å². The molecule has 2 aromatic rings. The number of rotatable bonds is 4. The Bertz CT molecular complexity index is 738. The normalized spacial score (nSPS) is 21.5. The summed E-state index contributed by atoms with van der Waals surface area (Å²) in [6.07, 6.45) is 4.88. The van der Waals surface area contributed by atoms with E-state index in [1.807, 2.05) is 11.0 Å². The molecule has 7 heteroatoms. The van der Waals surface area contributed by atoms with Gasteiger partial charge in [-0.3, -0.25) is 4.79 Å². The smallest absolute Gasteiger partial charge is 0.222 e. The summed E-state index contributed by atoms with van der Waals surface area (Å²) < 4.78 is 1.64. The Hall–Kier alpha value is -2.28. The Morgan fingerprint density at radius 1 is 1.28 bits per heavy atom. The Balaban J connectivity index is 1.34. The molecule has 1 amide bonds. The molecule has 1 aliphatic carbocycles. The third-order valence-corrected chi connectivity index (χ3v) is 5.78. The first kappa shape index (κ1) is 16.2. The number of hydrogen-bond donors (Lipinski definition) is 1. The van der Waals surface area contributed by atoms with Crippen LogP contribution in [0.2, 0.25) is 0 Å². The minimum Gasteiger partial charge on any atom is -0.392 e. The predicted octanol–water partition coefficient (Wildman–Crippen LogP) is 0.931.